The summed E-state index contributed by atoms with van der Waals surface area (Å²) < 4.78 is 13.3. The first-order chi connectivity index (χ1) is 8.08. The summed E-state index contributed by atoms with van der Waals surface area (Å²) in [4.78, 5) is 4.05. The largest absolute Gasteiger partial charge is 0.396 e. The van der Waals surface area contributed by atoms with Gasteiger partial charge in [0.15, 0.2) is 5.82 Å². The van der Waals surface area contributed by atoms with E-state index >= 15 is 0 Å². The zero-order valence-electron chi connectivity index (χ0n) is 9.17. The molecule has 0 spiro atoms. The van der Waals surface area contributed by atoms with Gasteiger partial charge in [0.05, 0.1) is 10.7 Å². The van der Waals surface area contributed by atoms with Crippen LogP contribution >= 0.6 is 11.6 Å². The fourth-order valence-corrected chi connectivity index (χ4v) is 1.60. The third kappa shape index (κ3) is 2.47. The van der Waals surface area contributed by atoms with E-state index in [-0.39, 0.29) is 5.82 Å². The van der Waals surface area contributed by atoms with E-state index in [0.717, 1.165) is 0 Å². The maximum absolute atomic E-state index is 13.3. The molecule has 0 amide bonds. The molecule has 0 aliphatic rings. The van der Waals surface area contributed by atoms with Crippen molar-refractivity contribution in [2.45, 2.75) is 6.92 Å². The van der Waals surface area contributed by atoms with E-state index in [2.05, 4.69) is 10.3 Å². The van der Waals surface area contributed by atoms with Crippen LogP contribution in [0, 0.1) is 12.7 Å². The lowest BCUT2D eigenvalue weighted by molar-refractivity contribution is 0.619. The van der Waals surface area contributed by atoms with Crippen molar-refractivity contribution in [2.24, 2.45) is 0 Å². The Labute approximate surface area is 103 Å². The molecule has 2 rings (SSSR count). The number of nitrogens with two attached hydrogens (primary N) is 1. The van der Waals surface area contributed by atoms with Gasteiger partial charge in [-0.25, -0.2) is 9.37 Å². The predicted molar refractivity (Wildman–Crippen MR) is 68.1 cm³/mol. The molecular weight excluding hydrogens is 241 g/mol. The molecule has 0 atom stereocenters. The van der Waals surface area contributed by atoms with E-state index < -0.39 is 0 Å². The summed E-state index contributed by atoms with van der Waals surface area (Å²) in [6.45, 7) is 1.68. The van der Waals surface area contributed by atoms with E-state index in [1.54, 1.807) is 25.1 Å². The Morgan fingerprint density at radius 2 is 2.18 bits per heavy atom. The van der Waals surface area contributed by atoms with Gasteiger partial charge in [0.2, 0.25) is 0 Å². The van der Waals surface area contributed by atoms with Crippen molar-refractivity contribution >= 4 is 28.8 Å². The van der Waals surface area contributed by atoms with Gasteiger partial charge < -0.3 is 11.1 Å². The van der Waals surface area contributed by atoms with Gasteiger partial charge in [0.1, 0.15) is 5.82 Å². The number of nitrogen functional groups attached to an aromatic ring is 1. The number of rotatable bonds is 2. The first-order valence-electron chi connectivity index (χ1n) is 5.01. The second-order valence-electron chi connectivity index (χ2n) is 3.63. The number of nitrogens with zero attached hydrogens (tertiary/aromatic N) is 1. The number of anilines is 3. The minimum atomic E-state index is -0.275. The molecule has 0 bridgehead atoms. The van der Waals surface area contributed by atoms with Crippen LogP contribution in [-0.2, 0) is 0 Å². The number of hydrogen-bond donors (Lipinski definition) is 2. The van der Waals surface area contributed by atoms with Crippen LogP contribution < -0.4 is 11.1 Å². The molecular formula is C12H11ClFN3. The molecule has 0 aliphatic carbocycles. The molecule has 0 unspecified atom stereocenters. The minimum absolute atomic E-state index is 0.275. The van der Waals surface area contributed by atoms with Crippen LogP contribution in [0.1, 0.15) is 5.56 Å². The van der Waals surface area contributed by atoms with Crippen molar-refractivity contribution in [2.75, 3.05) is 11.1 Å². The number of nitrogens with one attached hydrogen (secondary N) is 1. The molecule has 0 saturated carbocycles. The van der Waals surface area contributed by atoms with E-state index in [9.17, 15) is 4.39 Å². The molecule has 0 fully saturated rings. The number of halogens is 2. The zero-order chi connectivity index (χ0) is 12.4. The first-order valence-corrected chi connectivity index (χ1v) is 5.39. The quantitative estimate of drug-likeness (QED) is 0.859. The summed E-state index contributed by atoms with van der Waals surface area (Å²) >= 11 is 5.75. The third-order valence-corrected chi connectivity index (χ3v) is 2.61. The fourth-order valence-electron chi connectivity index (χ4n) is 1.43. The predicted octanol–water partition coefficient (Wildman–Crippen LogP) is 3.51. The number of aromatic nitrogens is 1. The summed E-state index contributed by atoms with van der Waals surface area (Å²) in [6.07, 6.45) is 1.48. The van der Waals surface area contributed by atoms with Gasteiger partial charge in [-0.3, -0.25) is 0 Å². The summed E-state index contributed by atoms with van der Waals surface area (Å²) in [5.74, 6) is 0.186. The van der Waals surface area contributed by atoms with Crippen molar-refractivity contribution in [3.05, 3.63) is 46.9 Å². The summed E-state index contributed by atoms with van der Waals surface area (Å²) in [5.41, 5.74) is 7.32. The standard InChI is InChI=1S/C12H11ClFN3/c1-7-9(14)3-2-4-11(7)17-12-10(15)5-8(13)6-16-12/h2-6H,15H2,1H3,(H,16,17). The number of benzene rings is 1. The molecule has 3 N–H and O–H groups in total. The van der Waals surface area contributed by atoms with E-state index in [4.69, 9.17) is 17.3 Å². The Morgan fingerprint density at radius 1 is 1.41 bits per heavy atom. The summed E-state index contributed by atoms with van der Waals surface area (Å²) in [5, 5.41) is 3.44. The lowest BCUT2D eigenvalue weighted by atomic mass is 10.2. The smallest absolute Gasteiger partial charge is 0.153 e. The topological polar surface area (TPSA) is 50.9 Å². The van der Waals surface area contributed by atoms with Crippen molar-refractivity contribution in [1.29, 1.82) is 0 Å². The molecule has 1 aromatic carbocycles. The van der Waals surface area contributed by atoms with Gasteiger partial charge in [0.25, 0.3) is 0 Å². The van der Waals surface area contributed by atoms with Crippen LogP contribution in [0.3, 0.4) is 0 Å². The molecule has 0 saturated heterocycles. The molecule has 0 aliphatic heterocycles. The van der Waals surface area contributed by atoms with Gasteiger partial charge in [-0.2, -0.15) is 0 Å². The first kappa shape index (κ1) is 11.7. The maximum atomic E-state index is 13.3. The van der Waals surface area contributed by atoms with Crippen LogP contribution in [0.5, 0.6) is 0 Å². The summed E-state index contributed by atoms with van der Waals surface area (Å²) in [7, 11) is 0. The van der Waals surface area contributed by atoms with E-state index in [0.29, 0.717) is 27.8 Å². The molecule has 2 aromatic rings. The van der Waals surface area contributed by atoms with Gasteiger partial charge in [-0.1, -0.05) is 17.7 Å². The zero-order valence-corrected chi connectivity index (χ0v) is 9.92. The van der Waals surface area contributed by atoms with Gasteiger partial charge in [-0.05, 0) is 25.1 Å². The van der Waals surface area contributed by atoms with E-state index in [1.807, 2.05) is 0 Å². The Morgan fingerprint density at radius 3 is 2.88 bits per heavy atom. The Kier molecular flexibility index (Phi) is 3.15. The van der Waals surface area contributed by atoms with Crippen molar-refractivity contribution in [3.8, 4) is 0 Å². The highest BCUT2D eigenvalue weighted by Crippen LogP contribution is 2.26. The molecule has 17 heavy (non-hydrogen) atoms. The maximum Gasteiger partial charge on any atom is 0.153 e. The highest BCUT2D eigenvalue weighted by molar-refractivity contribution is 6.30. The van der Waals surface area contributed by atoms with Crippen LogP contribution in [0.2, 0.25) is 5.02 Å². The molecule has 5 heteroatoms. The SMILES string of the molecule is Cc1c(F)cccc1Nc1ncc(Cl)cc1N. The van der Waals surface area contributed by atoms with E-state index in [1.165, 1.54) is 12.3 Å². The van der Waals surface area contributed by atoms with Crippen LogP contribution in [0.4, 0.5) is 21.6 Å². The lowest BCUT2D eigenvalue weighted by Crippen LogP contribution is -2.01. The normalized spacial score (nSPS) is 10.3. The fraction of sp³-hybridized carbons (Fsp3) is 0.0833. The monoisotopic (exact) mass is 251 g/mol. The lowest BCUT2D eigenvalue weighted by Gasteiger charge is -2.11. The van der Waals surface area contributed by atoms with Gasteiger partial charge >= 0.3 is 0 Å². The highest BCUT2D eigenvalue weighted by atomic mass is 35.5. The second kappa shape index (κ2) is 4.59. The Hall–Kier alpha value is -1.81. The molecule has 0 radical (unpaired) electrons. The molecule has 1 heterocycles. The van der Waals surface area contributed by atoms with Crippen molar-refractivity contribution in [3.63, 3.8) is 0 Å². The van der Waals surface area contributed by atoms with Crippen molar-refractivity contribution in [1.82, 2.24) is 4.98 Å². The van der Waals surface area contributed by atoms with Gasteiger partial charge in [-0.15, -0.1) is 0 Å². The van der Waals surface area contributed by atoms with Crippen molar-refractivity contribution < 1.29 is 4.39 Å². The van der Waals surface area contributed by atoms with Crippen LogP contribution in [0.25, 0.3) is 0 Å². The average Bonchev–Trinajstić information content (AvgIpc) is 2.28. The third-order valence-electron chi connectivity index (χ3n) is 2.40. The van der Waals surface area contributed by atoms with Crippen LogP contribution in [-0.4, -0.2) is 4.98 Å². The number of hydrogen-bond acceptors (Lipinski definition) is 3. The highest BCUT2D eigenvalue weighted by Gasteiger charge is 2.06. The second-order valence-corrected chi connectivity index (χ2v) is 4.07. The Bertz CT molecular complexity index is 557. The molecule has 1 aromatic heterocycles. The number of pyridine rings is 1. The summed E-state index contributed by atoms with van der Waals surface area (Å²) in [6, 6.07) is 6.37. The Balaban J connectivity index is 2.35. The average molecular weight is 252 g/mol. The molecule has 3 nitrogen and oxygen atoms in total. The van der Waals surface area contributed by atoms with Crippen LogP contribution in [0.15, 0.2) is 30.5 Å². The molecule has 88 valence electrons. The minimum Gasteiger partial charge on any atom is -0.396 e. The van der Waals surface area contributed by atoms with Gasteiger partial charge in [0, 0.05) is 17.4 Å².